The summed E-state index contributed by atoms with van der Waals surface area (Å²) in [5, 5.41) is 48.0. The van der Waals surface area contributed by atoms with Crippen molar-refractivity contribution in [2.45, 2.75) is 29.1 Å². The Balaban J connectivity index is 1.41. The molecule has 1 aromatic heterocycles. The van der Waals surface area contributed by atoms with E-state index < -0.39 is 46.2 Å². The van der Waals surface area contributed by atoms with Crippen LogP contribution in [0.1, 0.15) is 17.5 Å². The van der Waals surface area contributed by atoms with Crippen molar-refractivity contribution in [3.05, 3.63) is 57.0 Å². The van der Waals surface area contributed by atoms with Gasteiger partial charge in [-0.2, -0.15) is 0 Å². The predicted molar refractivity (Wildman–Crippen MR) is 126 cm³/mol. The van der Waals surface area contributed by atoms with Gasteiger partial charge < -0.3 is 20.6 Å². The number of aromatic amines is 1. The third-order valence-corrected chi connectivity index (χ3v) is 7.69. The number of carbonyl (C=O) groups excluding carboxylic acids is 2. The SMILES string of the molecule is O=C(O)Cc1nc(SCC2=C(C(=O)O)N3C(=O)C(NC(=O)C(O)c4ccc([N+](=O)[O-])cc4)[C@@H]3SC2)n[nH]1. The van der Waals surface area contributed by atoms with Crippen LogP contribution in [0.25, 0.3) is 0 Å². The first kappa shape index (κ1) is 26.1. The molecule has 0 aliphatic carbocycles. The number of carbonyl (C=O) groups is 4. The second kappa shape index (κ2) is 10.6. The lowest BCUT2D eigenvalue weighted by molar-refractivity contribution is -0.384. The van der Waals surface area contributed by atoms with Gasteiger partial charge in [0.15, 0.2) is 6.10 Å². The van der Waals surface area contributed by atoms with Crippen LogP contribution in [0.15, 0.2) is 40.7 Å². The van der Waals surface area contributed by atoms with Crippen LogP contribution in [0.3, 0.4) is 0 Å². The van der Waals surface area contributed by atoms with Gasteiger partial charge in [-0.1, -0.05) is 11.8 Å². The molecule has 2 aliphatic rings. The second-order valence-corrected chi connectivity index (χ2v) is 9.88. The van der Waals surface area contributed by atoms with Crippen molar-refractivity contribution in [2.24, 2.45) is 0 Å². The fraction of sp³-hybridized carbons (Fsp3) is 0.300. The summed E-state index contributed by atoms with van der Waals surface area (Å²) in [6.07, 6.45) is -2.03. The summed E-state index contributed by atoms with van der Waals surface area (Å²) in [6.45, 7) is 0. The van der Waals surface area contributed by atoms with Crippen LogP contribution < -0.4 is 5.32 Å². The number of carboxylic acids is 2. The number of benzene rings is 1. The fourth-order valence-corrected chi connectivity index (χ4v) is 5.97. The van der Waals surface area contributed by atoms with E-state index in [1.807, 2.05) is 0 Å². The highest BCUT2D eigenvalue weighted by Gasteiger charge is 2.54. The number of aliphatic hydroxyl groups is 1. The summed E-state index contributed by atoms with van der Waals surface area (Å²) < 4.78 is 0. The molecule has 1 aromatic carbocycles. The summed E-state index contributed by atoms with van der Waals surface area (Å²) in [7, 11) is 0. The largest absolute Gasteiger partial charge is 0.481 e. The molecule has 2 aromatic rings. The number of hydrogen-bond acceptors (Lipinski definition) is 11. The predicted octanol–water partition coefficient (Wildman–Crippen LogP) is -0.0957. The molecule has 1 fully saturated rings. The maximum atomic E-state index is 12.8. The van der Waals surface area contributed by atoms with Gasteiger partial charge in [-0.3, -0.25) is 34.5 Å². The molecule has 0 spiro atoms. The zero-order chi connectivity index (χ0) is 26.9. The Kier molecular flexibility index (Phi) is 7.46. The molecule has 2 unspecified atom stereocenters. The smallest absolute Gasteiger partial charge is 0.352 e. The summed E-state index contributed by atoms with van der Waals surface area (Å²) in [4.78, 5) is 63.3. The number of nitro benzene ring substituents is 1. The van der Waals surface area contributed by atoms with E-state index in [1.54, 1.807) is 0 Å². The molecule has 2 aliphatic heterocycles. The zero-order valence-corrected chi connectivity index (χ0v) is 20.2. The number of nitrogens with zero attached hydrogens (tertiary/aromatic N) is 4. The van der Waals surface area contributed by atoms with Crippen LogP contribution in [-0.2, 0) is 25.6 Å². The Hall–Kier alpha value is -3.96. The number of aromatic nitrogens is 3. The Morgan fingerprint density at radius 3 is 2.62 bits per heavy atom. The Bertz CT molecular complexity index is 1310. The molecule has 17 heteroatoms. The van der Waals surface area contributed by atoms with E-state index in [2.05, 4.69) is 20.5 Å². The summed E-state index contributed by atoms with van der Waals surface area (Å²) >= 11 is 2.31. The van der Waals surface area contributed by atoms with Crippen LogP contribution in [0.2, 0.25) is 0 Å². The lowest BCUT2D eigenvalue weighted by Crippen LogP contribution is -2.70. The van der Waals surface area contributed by atoms with Crippen LogP contribution in [0, 0.1) is 10.1 Å². The van der Waals surface area contributed by atoms with E-state index >= 15 is 0 Å². The number of thioether (sulfide) groups is 2. The quantitative estimate of drug-likeness (QED) is 0.113. The highest BCUT2D eigenvalue weighted by atomic mass is 32.2. The van der Waals surface area contributed by atoms with Gasteiger partial charge in [-0.15, -0.1) is 16.9 Å². The molecule has 5 N–H and O–H groups in total. The first-order valence-electron chi connectivity index (χ1n) is 10.5. The van der Waals surface area contributed by atoms with Crippen molar-refractivity contribution in [1.29, 1.82) is 0 Å². The monoisotopic (exact) mass is 550 g/mol. The lowest BCUT2D eigenvalue weighted by Gasteiger charge is -2.49. The zero-order valence-electron chi connectivity index (χ0n) is 18.6. The maximum Gasteiger partial charge on any atom is 0.352 e. The highest BCUT2D eigenvalue weighted by Crippen LogP contribution is 2.41. The second-order valence-electron chi connectivity index (χ2n) is 7.83. The van der Waals surface area contributed by atoms with Gasteiger partial charge in [-0.05, 0) is 23.3 Å². The van der Waals surface area contributed by atoms with Gasteiger partial charge in [-0.25, -0.2) is 9.78 Å². The molecular formula is C20H18N6O9S2. The van der Waals surface area contributed by atoms with Crippen LogP contribution in [0.5, 0.6) is 0 Å². The van der Waals surface area contributed by atoms with Crippen LogP contribution in [-0.4, -0.2) is 87.0 Å². The third kappa shape index (κ3) is 5.42. The normalized spacial score (nSPS) is 19.6. The van der Waals surface area contributed by atoms with Crippen LogP contribution >= 0.6 is 23.5 Å². The number of aliphatic hydroxyl groups excluding tert-OH is 1. The van der Waals surface area contributed by atoms with Gasteiger partial charge in [0.2, 0.25) is 5.16 Å². The van der Waals surface area contributed by atoms with Crippen molar-refractivity contribution >= 4 is 53.0 Å². The molecule has 4 rings (SSSR count). The van der Waals surface area contributed by atoms with E-state index in [9.17, 15) is 39.5 Å². The number of H-pyrrole nitrogens is 1. The van der Waals surface area contributed by atoms with E-state index in [0.29, 0.717) is 5.57 Å². The molecule has 0 saturated carbocycles. The van der Waals surface area contributed by atoms with Gasteiger partial charge in [0.1, 0.15) is 29.4 Å². The molecule has 37 heavy (non-hydrogen) atoms. The molecule has 2 amide bonds. The summed E-state index contributed by atoms with van der Waals surface area (Å²) in [5.74, 6) is -3.48. The number of carboxylic acid groups (broad SMARTS) is 2. The number of β-lactam (4-membered cyclic amide) rings is 1. The standard InChI is InChI=1S/C20H18N6O9S2/c27-12(28)5-11-21-20(24-23-11)37-7-9-6-36-18-13(17(31)25(18)14(9)19(32)33)22-16(30)15(29)8-1-3-10(4-2-8)26(34)35/h1-4,13,15,18,29H,5-7H2,(H,22,30)(H,27,28)(H,32,33)(H,21,23,24)/t13?,15?,18-/m0/s1. The van der Waals surface area contributed by atoms with Crippen molar-refractivity contribution in [3.8, 4) is 0 Å². The molecule has 15 nitrogen and oxygen atoms in total. The van der Waals surface area contributed by atoms with E-state index in [4.69, 9.17) is 5.11 Å². The van der Waals surface area contributed by atoms with Crippen molar-refractivity contribution in [3.63, 3.8) is 0 Å². The highest BCUT2D eigenvalue weighted by molar-refractivity contribution is 8.01. The number of nitro groups is 1. The average Bonchev–Trinajstić information content (AvgIpc) is 3.31. The van der Waals surface area contributed by atoms with Gasteiger partial charge >= 0.3 is 11.9 Å². The van der Waals surface area contributed by atoms with Gasteiger partial charge in [0, 0.05) is 23.6 Å². The Morgan fingerprint density at radius 1 is 1.30 bits per heavy atom. The molecule has 1 saturated heterocycles. The van der Waals surface area contributed by atoms with Crippen molar-refractivity contribution in [2.75, 3.05) is 11.5 Å². The number of rotatable bonds is 10. The molecular weight excluding hydrogens is 532 g/mol. The molecule has 0 bridgehead atoms. The van der Waals surface area contributed by atoms with Gasteiger partial charge in [0.25, 0.3) is 17.5 Å². The lowest BCUT2D eigenvalue weighted by atomic mass is 10.0. The molecule has 194 valence electrons. The topological polar surface area (TPSA) is 229 Å². The van der Waals surface area contributed by atoms with Crippen molar-refractivity contribution in [1.82, 2.24) is 25.4 Å². The Morgan fingerprint density at radius 2 is 2.00 bits per heavy atom. The third-order valence-electron chi connectivity index (χ3n) is 5.42. The summed E-state index contributed by atoms with van der Waals surface area (Å²) in [5.41, 5.74) is 0.0776. The fourth-order valence-electron chi connectivity index (χ4n) is 3.67. The first-order chi connectivity index (χ1) is 17.6. The minimum atomic E-state index is -1.69. The minimum Gasteiger partial charge on any atom is -0.481 e. The number of non-ortho nitro benzene ring substituents is 1. The van der Waals surface area contributed by atoms with Crippen LogP contribution in [0.4, 0.5) is 5.69 Å². The average molecular weight is 551 g/mol. The summed E-state index contributed by atoms with van der Waals surface area (Å²) in [6, 6.07) is 3.64. The van der Waals surface area contributed by atoms with E-state index in [0.717, 1.165) is 28.8 Å². The van der Waals surface area contributed by atoms with E-state index in [1.165, 1.54) is 23.9 Å². The molecule has 3 atom stereocenters. The number of aliphatic carboxylic acids is 2. The minimum absolute atomic E-state index is 0.0898. The number of hydrogen-bond donors (Lipinski definition) is 5. The van der Waals surface area contributed by atoms with E-state index in [-0.39, 0.29) is 45.9 Å². The molecule has 3 heterocycles. The number of nitrogens with one attached hydrogen (secondary N) is 2. The maximum absolute atomic E-state index is 12.8. The first-order valence-corrected chi connectivity index (χ1v) is 12.5. The molecule has 0 radical (unpaired) electrons. The van der Waals surface area contributed by atoms with Gasteiger partial charge in [0.05, 0.1) is 4.92 Å². The van der Waals surface area contributed by atoms with Crippen molar-refractivity contribution < 1.29 is 39.4 Å². The number of amides is 2. The number of fused-ring (bicyclic) bond motifs is 1. The Labute approximate surface area is 215 Å².